The molecule has 0 amide bonds. The van der Waals surface area contributed by atoms with Gasteiger partial charge in [0.2, 0.25) is 5.88 Å². The van der Waals surface area contributed by atoms with Crippen molar-refractivity contribution in [2.24, 2.45) is 0 Å². The average molecular weight is 479 g/mol. The molecule has 1 saturated heterocycles. The highest BCUT2D eigenvalue weighted by atomic mass is 31.0. The van der Waals surface area contributed by atoms with Crippen molar-refractivity contribution in [2.75, 3.05) is 38.3 Å². The third kappa shape index (κ3) is 4.18. The van der Waals surface area contributed by atoms with E-state index in [0.29, 0.717) is 40.7 Å². The Hall–Kier alpha value is -3.26. The molecule has 10 heteroatoms. The number of methoxy groups -OCH3 is 1. The molecule has 1 fully saturated rings. The quantitative estimate of drug-likeness (QED) is 0.437. The van der Waals surface area contributed by atoms with Gasteiger partial charge in [-0.3, -0.25) is 4.98 Å². The van der Waals surface area contributed by atoms with E-state index in [1.807, 2.05) is 18.2 Å². The Morgan fingerprint density at radius 1 is 1.09 bits per heavy atom. The van der Waals surface area contributed by atoms with Crippen molar-refractivity contribution in [2.45, 2.75) is 6.10 Å². The summed E-state index contributed by atoms with van der Waals surface area (Å²) >= 11 is 0. The molecule has 4 aromatic rings. The van der Waals surface area contributed by atoms with E-state index >= 15 is 4.39 Å². The van der Waals surface area contributed by atoms with E-state index in [4.69, 9.17) is 9.47 Å². The van der Waals surface area contributed by atoms with Crippen molar-refractivity contribution < 1.29 is 19.0 Å². The number of halogens is 1. The summed E-state index contributed by atoms with van der Waals surface area (Å²) in [6.07, 6.45) is 3.20. The number of aliphatic hydroxyl groups is 1. The maximum absolute atomic E-state index is 15.2. The van der Waals surface area contributed by atoms with E-state index < -0.39 is 11.9 Å². The fraction of sp³-hybridized carbons (Fsp3) is 0.250. The normalized spacial score (nSPS) is 14.9. The minimum Gasteiger partial charge on any atom is -0.480 e. The number of aliphatic hydroxyl groups excluding tert-OH is 1. The second kappa shape index (κ2) is 9.54. The Bertz CT molecular complexity index is 1350. The number of aromatic nitrogens is 4. The SMILES string of the molecule is COc1nccnc1C(O)c1cc(-c2ncnc3cc(N4CCOCC4)ccc23)c(F)cc1P. The van der Waals surface area contributed by atoms with E-state index in [2.05, 4.69) is 34.1 Å². The Kier molecular flexibility index (Phi) is 6.32. The number of fused-ring (bicyclic) bond motifs is 1. The van der Waals surface area contributed by atoms with Gasteiger partial charge in [-0.1, -0.05) is 0 Å². The molecular weight excluding hydrogens is 456 g/mol. The van der Waals surface area contributed by atoms with Crippen LogP contribution in [0.25, 0.3) is 22.2 Å². The van der Waals surface area contributed by atoms with Gasteiger partial charge in [-0.25, -0.2) is 19.3 Å². The predicted octanol–water partition coefficient (Wildman–Crippen LogP) is 2.65. The molecule has 0 saturated carbocycles. The summed E-state index contributed by atoms with van der Waals surface area (Å²) in [6, 6.07) is 8.83. The van der Waals surface area contributed by atoms with Gasteiger partial charge in [0.25, 0.3) is 0 Å². The maximum Gasteiger partial charge on any atom is 0.238 e. The van der Waals surface area contributed by atoms with Gasteiger partial charge in [-0.15, -0.1) is 9.24 Å². The number of benzene rings is 2. The molecular formula is C24H23FN5O3P. The highest BCUT2D eigenvalue weighted by Crippen LogP contribution is 2.34. The molecule has 0 spiro atoms. The van der Waals surface area contributed by atoms with Gasteiger partial charge >= 0.3 is 0 Å². The van der Waals surface area contributed by atoms with Crippen LogP contribution in [0, 0.1) is 5.82 Å². The van der Waals surface area contributed by atoms with E-state index in [1.54, 1.807) is 6.07 Å². The van der Waals surface area contributed by atoms with E-state index in [9.17, 15) is 5.11 Å². The van der Waals surface area contributed by atoms with Gasteiger partial charge in [0.1, 0.15) is 23.9 Å². The van der Waals surface area contributed by atoms with Crippen molar-refractivity contribution >= 4 is 31.1 Å². The van der Waals surface area contributed by atoms with Crippen LogP contribution in [0.5, 0.6) is 5.88 Å². The molecule has 0 bridgehead atoms. The molecule has 174 valence electrons. The molecule has 2 unspecified atom stereocenters. The summed E-state index contributed by atoms with van der Waals surface area (Å²) in [5, 5.41) is 12.3. The minimum absolute atomic E-state index is 0.202. The number of hydrogen-bond acceptors (Lipinski definition) is 8. The highest BCUT2D eigenvalue weighted by molar-refractivity contribution is 7.27. The second-order valence-electron chi connectivity index (χ2n) is 7.84. The number of ether oxygens (including phenoxy) is 2. The predicted molar refractivity (Wildman–Crippen MR) is 130 cm³/mol. The molecule has 2 atom stereocenters. The zero-order valence-corrected chi connectivity index (χ0v) is 19.6. The third-order valence-electron chi connectivity index (χ3n) is 5.86. The molecule has 8 nitrogen and oxygen atoms in total. The van der Waals surface area contributed by atoms with E-state index in [1.165, 1.54) is 31.9 Å². The first-order valence-electron chi connectivity index (χ1n) is 10.8. The molecule has 1 aliphatic heterocycles. The van der Waals surface area contributed by atoms with Gasteiger partial charge < -0.3 is 19.5 Å². The Morgan fingerprint density at radius 3 is 2.68 bits per heavy atom. The lowest BCUT2D eigenvalue weighted by Crippen LogP contribution is -2.36. The van der Waals surface area contributed by atoms with Gasteiger partial charge in [0.15, 0.2) is 0 Å². The van der Waals surface area contributed by atoms with Crippen molar-refractivity contribution in [1.29, 1.82) is 0 Å². The third-order valence-corrected chi connectivity index (χ3v) is 6.36. The smallest absolute Gasteiger partial charge is 0.238 e. The number of hydrogen-bond donors (Lipinski definition) is 1. The summed E-state index contributed by atoms with van der Waals surface area (Å²) < 4.78 is 25.9. The lowest BCUT2D eigenvalue weighted by Gasteiger charge is -2.29. The second-order valence-corrected chi connectivity index (χ2v) is 8.46. The van der Waals surface area contributed by atoms with Gasteiger partial charge in [-0.2, -0.15) is 0 Å². The zero-order valence-electron chi connectivity index (χ0n) is 18.5. The van der Waals surface area contributed by atoms with Crippen molar-refractivity contribution in [3.8, 4) is 17.1 Å². The molecule has 5 rings (SSSR count). The van der Waals surface area contributed by atoms with Gasteiger partial charge in [-0.05, 0) is 41.2 Å². The maximum atomic E-state index is 15.2. The van der Waals surface area contributed by atoms with Crippen molar-refractivity contribution in [3.05, 3.63) is 66.1 Å². The fourth-order valence-corrected chi connectivity index (χ4v) is 4.52. The Balaban J connectivity index is 1.59. The first kappa shape index (κ1) is 22.5. The lowest BCUT2D eigenvalue weighted by molar-refractivity contribution is 0.122. The fourth-order valence-electron chi connectivity index (χ4n) is 4.13. The monoisotopic (exact) mass is 479 g/mol. The number of anilines is 1. The van der Waals surface area contributed by atoms with E-state index in [0.717, 1.165) is 18.8 Å². The Labute approximate surface area is 198 Å². The summed E-state index contributed by atoms with van der Waals surface area (Å²) in [7, 11) is 3.91. The van der Waals surface area contributed by atoms with Crippen molar-refractivity contribution in [1.82, 2.24) is 19.9 Å². The van der Waals surface area contributed by atoms with Gasteiger partial charge in [0, 0.05) is 42.1 Å². The number of morpholine rings is 1. The average Bonchev–Trinajstić information content (AvgIpc) is 2.88. The van der Waals surface area contributed by atoms with Crippen LogP contribution in [-0.2, 0) is 4.74 Å². The molecule has 2 aromatic heterocycles. The van der Waals surface area contributed by atoms with Gasteiger partial charge in [0.05, 0.1) is 31.5 Å². The van der Waals surface area contributed by atoms with Crippen LogP contribution < -0.4 is 14.9 Å². The van der Waals surface area contributed by atoms with Crippen LogP contribution in [0.4, 0.5) is 10.1 Å². The van der Waals surface area contributed by atoms with Crippen LogP contribution in [0.15, 0.2) is 49.1 Å². The molecule has 2 aromatic carbocycles. The molecule has 0 radical (unpaired) electrons. The summed E-state index contributed by atoms with van der Waals surface area (Å²) in [6.45, 7) is 2.98. The first-order valence-corrected chi connectivity index (χ1v) is 11.3. The molecule has 0 aliphatic carbocycles. The van der Waals surface area contributed by atoms with Crippen LogP contribution in [-0.4, -0.2) is 58.5 Å². The molecule has 1 aliphatic rings. The standard InChI is InChI=1S/C24H23FN5O3P/c1-32-24-22(26-4-5-27-24)23(31)17-11-16(18(25)12-20(17)34)21-15-3-2-14(10-19(15)28-13-29-21)30-6-8-33-9-7-30/h2-5,10-13,23,31H,6-9,34H2,1H3. The summed E-state index contributed by atoms with van der Waals surface area (Å²) in [5.74, 6) is -0.252. The summed E-state index contributed by atoms with van der Waals surface area (Å²) in [4.78, 5) is 19.4. The highest BCUT2D eigenvalue weighted by Gasteiger charge is 2.23. The number of nitrogens with zero attached hydrogens (tertiary/aromatic N) is 5. The first-order chi connectivity index (χ1) is 16.6. The van der Waals surface area contributed by atoms with Crippen molar-refractivity contribution in [3.63, 3.8) is 0 Å². The Morgan fingerprint density at radius 2 is 1.88 bits per heavy atom. The zero-order chi connectivity index (χ0) is 23.7. The lowest BCUT2D eigenvalue weighted by atomic mass is 9.99. The topological polar surface area (TPSA) is 93.5 Å². The van der Waals surface area contributed by atoms with Crippen LogP contribution in [0.2, 0.25) is 0 Å². The van der Waals surface area contributed by atoms with Crippen LogP contribution >= 0.6 is 9.24 Å². The minimum atomic E-state index is -1.17. The largest absolute Gasteiger partial charge is 0.480 e. The molecule has 34 heavy (non-hydrogen) atoms. The van der Waals surface area contributed by atoms with Crippen LogP contribution in [0.1, 0.15) is 17.4 Å². The van der Waals surface area contributed by atoms with Crippen LogP contribution in [0.3, 0.4) is 0 Å². The van der Waals surface area contributed by atoms with E-state index in [-0.39, 0.29) is 17.1 Å². The summed E-state index contributed by atoms with van der Waals surface area (Å²) in [5.41, 5.74) is 3.15. The number of rotatable bonds is 5. The molecule has 1 N–H and O–H groups in total. The molecule has 3 heterocycles.